The summed E-state index contributed by atoms with van der Waals surface area (Å²) < 4.78 is 0. The lowest BCUT2D eigenvalue weighted by atomic mass is 9.70. The average Bonchev–Trinajstić information content (AvgIpc) is 2.59. The Balaban J connectivity index is 2.09. The molecular weight excluding hydrogens is 226 g/mol. The second kappa shape index (κ2) is 4.19. The van der Waals surface area contributed by atoms with Crippen molar-refractivity contribution in [3.8, 4) is 0 Å². The molecule has 2 saturated carbocycles. The summed E-state index contributed by atoms with van der Waals surface area (Å²) in [5.74, 6) is 0.519. The first-order valence-electron chi connectivity index (χ1n) is 7.29. The maximum atomic E-state index is 10.6. The van der Waals surface area contributed by atoms with Gasteiger partial charge in [-0.15, -0.1) is 0 Å². The van der Waals surface area contributed by atoms with E-state index in [1.54, 1.807) is 0 Å². The van der Waals surface area contributed by atoms with E-state index in [-0.39, 0.29) is 23.0 Å². The molecule has 3 nitrogen and oxygen atoms in total. The molecule has 18 heavy (non-hydrogen) atoms. The van der Waals surface area contributed by atoms with Gasteiger partial charge in [-0.1, -0.05) is 27.7 Å². The van der Waals surface area contributed by atoms with Crippen molar-refractivity contribution in [2.45, 2.75) is 71.6 Å². The fourth-order valence-corrected chi connectivity index (χ4v) is 4.05. The van der Waals surface area contributed by atoms with Gasteiger partial charge in [-0.25, -0.2) is 0 Å². The first-order chi connectivity index (χ1) is 8.16. The summed E-state index contributed by atoms with van der Waals surface area (Å²) in [4.78, 5) is 0. The van der Waals surface area contributed by atoms with Crippen molar-refractivity contribution in [2.24, 2.45) is 16.7 Å². The van der Waals surface area contributed by atoms with E-state index in [9.17, 15) is 10.2 Å². The van der Waals surface area contributed by atoms with Crippen molar-refractivity contribution >= 4 is 0 Å². The fraction of sp³-hybridized carbons (Fsp3) is 1.00. The van der Waals surface area contributed by atoms with Crippen LogP contribution >= 0.6 is 0 Å². The van der Waals surface area contributed by atoms with Gasteiger partial charge in [0.25, 0.3) is 0 Å². The summed E-state index contributed by atoms with van der Waals surface area (Å²) >= 11 is 0. The highest BCUT2D eigenvalue weighted by Crippen LogP contribution is 2.65. The Morgan fingerprint density at radius 3 is 2.39 bits per heavy atom. The normalized spacial score (nSPS) is 45.2. The third-order valence-corrected chi connectivity index (χ3v) is 6.28. The van der Waals surface area contributed by atoms with Gasteiger partial charge < -0.3 is 15.5 Å². The molecule has 3 N–H and O–H groups in total. The molecule has 0 spiro atoms. The summed E-state index contributed by atoms with van der Waals surface area (Å²) in [5, 5.41) is 24.1. The van der Waals surface area contributed by atoms with Gasteiger partial charge in [0.15, 0.2) is 0 Å². The molecule has 106 valence electrons. The standard InChI is InChI=1S/C15H29NO2/c1-6-14(4,18)9-16-11-10-7-8-15(5,12(11)17)13(10,2)3/h10-12,16-18H,6-9H2,1-5H3/t10-,11-,12+,14+,15+/m1/s1. The van der Waals surface area contributed by atoms with E-state index in [4.69, 9.17) is 0 Å². The van der Waals surface area contributed by atoms with Gasteiger partial charge in [0.1, 0.15) is 0 Å². The summed E-state index contributed by atoms with van der Waals surface area (Å²) in [5.41, 5.74) is -0.470. The summed E-state index contributed by atoms with van der Waals surface area (Å²) in [7, 11) is 0. The Morgan fingerprint density at radius 1 is 1.33 bits per heavy atom. The second-order valence-corrected chi connectivity index (χ2v) is 7.49. The number of fused-ring (bicyclic) bond motifs is 2. The van der Waals surface area contributed by atoms with Crippen molar-refractivity contribution in [2.75, 3.05) is 6.54 Å². The third kappa shape index (κ3) is 1.83. The summed E-state index contributed by atoms with van der Waals surface area (Å²) in [6.07, 6.45) is 2.74. The fourth-order valence-electron chi connectivity index (χ4n) is 4.05. The van der Waals surface area contributed by atoms with Crippen LogP contribution in [0.5, 0.6) is 0 Å². The van der Waals surface area contributed by atoms with Gasteiger partial charge >= 0.3 is 0 Å². The van der Waals surface area contributed by atoms with E-state index in [0.29, 0.717) is 12.5 Å². The van der Waals surface area contributed by atoms with Crippen LogP contribution in [-0.2, 0) is 0 Å². The van der Waals surface area contributed by atoms with Gasteiger partial charge in [0, 0.05) is 18.0 Å². The molecule has 3 heteroatoms. The molecule has 5 atom stereocenters. The molecule has 0 aromatic rings. The van der Waals surface area contributed by atoms with E-state index in [2.05, 4.69) is 26.1 Å². The number of hydrogen-bond donors (Lipinski definition) is 3. The highest BCUT2D eigenvalue weighted by atomic mass is 16.3. The van der Waals surface area contributed by atoms with Crippen molar-refractivity contribution in [3.63, 3.8) is 0 Å². The molecular formula is C15H29NO2. The lowest BCUT2D eigenvalue weighted by Gasteiger charge is -2.37. The SMILES string of the molecule is CC[C@](C)(O)CN[C@@H]1[C@H]2CC[C@@](C)([C@H]1O)C2(C)C. The maximum absolute atomic E-state index is 10.6. The largest absolute Gasteiger partial charge is 0.391 e. The van der Waals surface area contributed by atoms with Gasteiger partial charge in [-0.3, -0.25) is 0 Å². The Labute approximate surface area is 111 Å². The zero-order valence-electron chi connectivity index (χ0n) is 12.5. The summed E-state index contributed by atoms with van der Waals surface area (Å²) in [6, 6.07) is 0.136. The minimum atomic E-state index is -0.674. The number of aliphatic hydroxyl groups excluding tert-OH is 1. The molecule has 2 fully saturated rings. The minimum absolute atomic E-state index is 0.0212. The third-order valence-electron chi connectivity index (χ3n) is 6.28. The first kappa shape index (κ1) is 14.3. The van der Waals surface area contributed by atoms with Gasteiger partial charge in [-0.2, -0.15) is 0 Å². The molecule has 2 aliphatic rings. The molecule has 2 aliphatic carbocycles. The zero-order chi connectivity index (χ0) is 13.8. The van der Waals surface area contributed by atoms with Crippen LogP contribution in [0.25, 0.3) is 0 Å². The van der Waals surface area contributed by atoms with Crippen molar-refractivity contribution < 1.29 is 10.2 Å². The quantitative estimate of drug-likeness (QED) is 0.719. The van der Waals surface area contributed by atoms with E-state index in [1.807, 2.05) is 13.8 Å². The van der Waals surface area contributed by atoms with Crippen LogP contribution in [0.1, 0.15) is 53.9 Å². The van der Waals surface area contributed by atoms with E-state index in [0.717, 1.165) is 12.8 Å². The summed E-state index contributed by atoms with van der Waals surface area (Å²) in [6.45, 7) is 11.2. The van der Waals surface area contributed by atoms with Gasteiger partial charge in [0.05, 0.1) is 11.7 Å². The highest BCUT2D eigenvalue weighted by molar-refractivity contribution is 5.17. The Bertz CT molecular complexity index is 326. The average molecular weight is 255 g/mol. The Hall–Kier alpha value is -0.120. The topological polar surface area (TPSA) is 52.5 Å². The molecule has 0 aromatic carbocycles. The lowest BCUT2D eigenvalue weighted by Crippen LogP contribution is -2.51. The molecule has 0 heterocycles. The van der Waals surface area contributed by atoms with Crippen LogP contribution < -0.4 is 5.32 Å². The van der Waals surface area contributed by atoms with Gasteiger partial charge in [0.2, 0.25) is 0 Å². The number of hydrogen-bond acceptors (Lipinski definition) is 3. The maximum Gasteiger partial charge on any atom is 0.0754 e. The Kier molecular flexibility index (Phi) is 3.33. The molecule has 0 saturated heterocycles. The number of rotatable bonds is 4. The van der Waals surface area contributed by atoms with Gasteiger partial charge in [-0.05, 0) is 37.5 Å². The molecule has 2 rings (SSSR count). The molecule has 0 aromatic heterocycles. The smallest absolute Gasteiger partial charge is 0.0754 e. The molecule has 0 aliphatic heterocycles. The molecule has 0 radical (unpaired) electrons. The van der Waals surface area contributed by atoms with E-state index < -0.39 is 5.60 Å². The van der Waals surface area contributed by atoms with Crippen LogP contribution in [0.3, 0.4) is 0 Å². The van der Waals surface area contributed by atoms with Crippen molar-refractivity contribution in [3.05, 3.63) is 0 Å². The number of nitrogens with one attached hydrogen (secondary N) is 1. The highest BCUT2D eigenvalue weighted by Gasteiger charge is 2.65. The first-order valence-corrected chi connectivity index (χ1v) is 7.29. The van der Waals surface area contributed by atoms with Crippen LogP contribution in [0, 0.1) is 16.7 Å². The predicted molar refractivity (Wildman–Crippen MR) is 73.3 cm³/mol. The van der Waals surface area contributed by atoms with E-state index >= 15 is 0 Å². The van der Waals surface area contributed by atoms with Crippen LogP contribution in [-0.4, -0.2) is 34.5 Å². The second-order valence-electron chi connectivity index (χ2n) is 7.49. The van der Waals surface area contributed by atoms with Crippen molar-refractivity contribution in [1.82, 2.24) is 5.32 Å². The van der Waals surface area contributed by atoms with Crippen molar-refractivity contribution in [1.29, 1.82) is 0 Å². The minimum Gasteiger partial charge on any atom is -0.391 e. The number of aliphatic hydroxyl groups is 2. The molecule has 0 amide bonds. The van der Waals surface area contributed by atoms with Crippen LogP contribution in [0.2, 0.25) is 0 Å². The zero-order valence-corrected chi connectivity index (χ0v) is 12.5. The monoisotopic (exact) mass is 255 g/mol. The molecule has 0 unspecified atom stereocenters. The van der Waals surface area contributed by atoms with Crippen LogP contribution in [0.4, 0.5) is 0 Å². The Morgan fingerprint density at radius 2 is 1.94 bits per heavy atom. The predicted octanol–water partition coefficient (Wildman–Crippen LogP) is 1.92. The van der Waals surface area contributed by atoms with E-state index in [1.165, 1.54) is 6.42 Å². The van der Waals surface area contributed by atoms with Crippen LogP contribution in [0.15, 0.2) is 0 Å². The molecule has 2 bridgehead atoms. The lowest BCUT2D eigenvalue weighted by molar-refractivity contribution is -0.00750.